The van der Waals surface area contributed by atoms with Crippen molar-refractivity contribution in [1.82, 2.24) is 8.87 Å². The number of amides is 1. The summed E-state index contributed by atoms with van der Waals surface area (Å²) >= 11 is 0. The lowest BCUT2D eigenvalue weighted by Gasteiger charge is -2.26. The molecule has 1 amide bonds. The molecule has 182 valence electrons. The predicted molar refractivity (Wildman–Crippen MR) is 126 cm³/mol. The van der Waals surface area contributed by atoms with Gasteiger partial charge in [-0.05, 0) is 51.1 Å². The number of nitrogens with one attached hydrogen (secondary N) is 1. The molecule has 1 N–H and O–H groups in total. The lowest BCUT2D eigenvalue weighted by Crippen LogP contribution is -2.40. The Labute approximate surface area is 197 Å². The fourth-order valence-corrected chi connectivity index (χ4v) is 5.20. The fourth-order valence-electron chi connectivity index (χ4n) is 3.77. The fraction of sp³-hybridized carbons (Fsp3) is 0.391. The summed E-state index contributed by atoms with van der Waals surface area (Å²) in [6.07, 6.45) is -0.213. The minimum Gasteiger partial charge on any atom is -0.489 e. The van der Waals surface area contributed by atoms with Crippen molar-refractivity contribution in [1.29, 1.82) is 0 Å². The lowest BCUT2D eigenvalue weighted by atomic mass is 10.2. The molecule has 1 saturated heterocycles. The summed E-state index contributed by atoms with van der Waals surface area (Å²) in [7, 11) is -3.79. The molecule has 4 rings (SSSR count). The van der Waals surface area contributed by atoms with E-state index < -0.39 is 27.7 Å². The van der Waals surface area contributed by atoms with Crippen LogP contribution in [-0.2, 0) is 19.6 Å². The molecule has 2 aromatic carbocycles. The smallest absolute Gasteiger partial charge is 0.420 e. The molecule has 2 heterocycles. The van der Waals surface area contributed by atoms with E-state index in [1.807, 2.05) is 13.8 Å². The molecule has 1 fully saturated rings. The Balaban J connectivity index is 1.67. The molecule has 1 aromatic heterocycles. The predicted octanol–water partition coefficient (Wildman–Crippen LogP) is 2.60. The third-order valence-electron chi connectivity index (χ3n) is 5.46. The molecule has 1 aliphatic rings. The standard InChI is InChI=1S/C23H27N3O7S/c1-15(2)32-20-9-8-17(34(29,30)25-10-12-31-13-11-25)14-18(20)24-22(27)16(3)26-19-6-4-5-7-21(19)33-23(26)28/h4-9,14-16H,10-13H2,1-3H3,(H,24,27)/t16-/m0/s1. The van der Waals surface area contributed by atoms with Crippen LogP contribution in [0.4, 0.5) is 5.69 Å². The van der Waals surface area contributed by atoms with Crippen molar-refractivity contribution in [2.24, 2.45) is 0 Å². The number of nitrogens with zero attached hydrogens (tertiary/aromatic N) is 2. The van der Waals surface area contributed by atoms with Crippen LogP contribution in [0, 0.1) is 0 Å². The van der Waals surface area contributed by atoms with E-state index >= 15 is 0 Å². The van der Waals surface area contributed by atoms with Gasteiger partial charge >= 0.3 is 5.76 Å². The van der Waals surface area contributed by atoms with Gasteiger partial charge in [0, 0.05) is 13.1 Å². The van der Waals surface area contributed by atoms with Crippen molar-refractivity contribution >= 4 is 32.7 Å². The summed E-state index contributed by atoms with van der Waals surface area (Å²) in [5, 5.41) is 2.74. The lowest BCUT2D eigenvalue weighted by molar-refractivity contribution is -0.118. The molecule has 1 aliphatic heterocycles. The van der Waals surface area contributed by atoms with Crippen LogP contribution in [0.5, 0.6) is 5.75 Å². The Hall–Kier alpha value is -3.15. The van der Waals surface area contributed by atoms with Gasteiger partial charge in [0.25, 0.3) is 0 Å². The number of benzene rings is 2. The molecular weight excluding hydrogens is 462 g/mol. The molecule has 0 radical (unpaired) electrons. The number of carbonyl (C=O) groups is 1. The molecule has 0 aliphatic carbocycles. The monoisotopic (exact) mass is 489 g/mol. The summed E-state index contributed by atoms with van der Waals surface area (Å²) in [6, 6.07) is 10.2. The molecule has 3 aromatic rings. The first kappa shape index (κ1) is 24.0. The summed E-state index contributed by atoms with van der Waals surface area (Å²) in [5.74, 6) is -0.866. The molecular formula is C23H27N3O7S. The van der Waals surface area contributed by atoms with E-state index in [-0.39, 0.29) is 29.8 Å². The zero-order chi connectivity index (χ0) is 24.5. The number of sulfonamides is 1. The average molecular weight is 490 g/mol. The van der Waals surface area contributed by atoms with Crippen molar-refractivity contribution in [2.75, 3.05) is 31.6 Å². The summed E-state index contributed by atoms with van der Waals surface area (Å²) in [4.78, 5) is 25.6. The summed E-state index contributed by atoms with van der Waals surface area (Å²) < 4.78 is 45.1. The first-order chi connectivity index (χ1) is 16.2. The number of hydrogen-bond donors (Lipinski definition) is 1. The van der Waals surface area contributed by atoms with Gasteiger partial charge in [-0.2, -0.15) is 4.31 Å². The van der Waals surface area contributed by atoms with Crippen LogP contribution in [-0.4, -0.2) is 55.6 Å². The second kappa shape index (κ2) is 9.61. The number of anilines is 1. The van der Waals surface area contributed by atoms with Crippen molar-refractivity contribution in [3.05, 3.63) is 53.0 Å². The number of morpholine rings is 1. The van der Waals surface area contributed by atoms with Crippen LogP contribution in [0.25, 0.3) is 11.1 Å². The van der Waals surface area contributed by atoms with Crippen LogP contribution >= 0.6 is 0 Å². The van der Waals surface area contributed by atoms with E-state index in [0.717, 1.165) is 0 Å². The number of carbonyl (C=O) groups excluding carboxylic acids is 1. The Kier molecular flexibility index (Phi) is 6.78. The molecule has 0 saturated carbocycles. The van der Waals surface area contributed by atoms with Gasteiger partial charge in [-0.1, -0.05) is 12.1 Å². The van der Waals surface area contributed by atoms with Crippen LogP contribution in [0.1, 0.15) is 26.8 Å². The summed E-state index contributed by atoms with van der Waals surface area (Å²) in [6.45, 7) is 6.36. The maximum absolute atomic E-state index is 13.2. The van der Waals surface area contributed by atoms with Gasteiger partial charge in [0.2, 0.25) is 15.9 Å². The van der Waals surface area contributed by atoms with Crippen LogP contribution < -0.4 is 15.8 Å². The molecule has 0 bridgehead atoms. The first-order valence-electron chi connectivity index (χ1n) is 11.0. The van der Waals surface area contributed by atoms with Gasteiger partial charge in [0.05, 0.1) is 35.4 Å². The normalized spacial score (nSPS) is 16.0. The number of aromatic nitrogens is 1. The van der Waals surface area contributed by atoms with Crippen LogP contribution in [0.15, 0.2) is 56.6 Å². The molecule has 0 spiro atoms. The van der Waals surface area contributed by atoms with Crippen molar-refractivity contribution in [3.8, 4) is 5.75 Å². The maximum Gasteiger partial charge on any atom is 0.420 e. The SMILES string of the molecule is CC(C)Oc1ccc(S(=O)(=O)N2CCOCC2)cc1NC(=O)[C@H](C)n1c(=O)oc2ccccc21. The highest BCUT2D eigenvalue weighted by Crippen LogP contribution is 2.31. The third-order valence-corrected chi connectivity index (χ3v) is 7.36. The second-order valence-corrected chi connectivity index (χ2v) is 10.1. The topological polar surface area (TPSA) is 120 Å². The van der Waals surface area contributed by atoms with Crippen molar-refractivity contribution in [3.63, 3.8) is 0 Å². The maximum atomic E-state index is 13.2. The molecule has 34 heavy (non-hydrogen) atoms. The Bertz CT molecular complexity index is 1350. The van der Waals surface area contributed by atoms with Crippen LogP contribution in [0.2, 0.25) is 0 Å². The molecule has 1 atom stereocenters. The summed E-state index contributed by atoms with van der Waals surface area (Å²) in [5.41, 5.74) is 1.05. The van der Waals surface area contributed by atoms with E-state index in [1.165, 1.54) is 27.1 Å². The first-order valence-corrected chi connectivity index (χ1v) is 12.4. The minimum atomic E-state index is -3.79. The van der Waals surface area contributed by atoms with Gasteiger partial charge in [-0.3, -0.25) is 9.36 Å². The van der Waals surface area contributed by atoms with E-state index in [2.05, 4.69) is 5.32 Å². The number of fused-ring (bicyclic) bond motifs is 1. The van der Waals surface area contributed by atoms with Crippen LogP contribution in [0.3, 0.4) is 0 Å². The van der Waals surface area contributed by atoms with Gasteiger partial charge in [-0.15, -0.1) is 0 Å². The average Bonchev–Trinajstić information content (AvgIpc) is 3.15. The van der Waals surface area contributed by atoms with Gasteiger partial charge in [0.15, 0.2) is 5.58 Å². The largest absolute Gasteiger partial charge is 0.489 e. The van der Waals surface area contributed by atoms with E-state index in [4.69, 9.17) is 13.9 Å². The molecule has 0 unspecified atom stereocenters. The Morgan fingerprint density at radius 3 is 2.50 bits per heavy atom. The molecule has 11 heteroatoms. The minimum absolute atomic E-state index is 0.0272. The van der Waals surface area contributed by atoms with E-state index in [0.29, 0.717) is 30.1 Å². The number of para-hydroxylation sites is 2. The third kappa shape index (κ3) is 4.72. The Morgan fingerprint density at radius 2 is 1.79 bits per heavy atom. The quantitative estimate of drug-likeness (QED) is 0.542. The van der Waals surface area contributed by atoms with Crippen molar-refractivity contribution in [2.45, 2.75) is 37.8 Å². The zero-order valence-corrected chi connectivity index (χ0v) is 20.0. The number of rotatable bonds is 7. The van der Waals surface area contributed by atoms with Gasteiger partial charge < -0.3 is 19.2 Å². The number of oxazole rings is 1. The Morgan fingerprint density at radius 1 is 1.09 bits per heavy atom. The highest BCUT2D eigenvalue weighted by atomic mass is 32.2. The van der Waals surface area contributed by atoms with E-state index in [9.17, 15) is 18.0 Å². The molecule has 10 nitrogen and oxygen atoms in total. The highest BCUT2D eigenvalue weighted by Gasteiger charge is 2.28. The number of hydrogen-bond acceptors (Lipinski definition) is 7. The number of ether oxygens (including phenoxy) is 2. The second-order valence-electron chi connectivity index (χ2n) is 8.21. The highest BCUT2D eigenvalue weighted by molar-refractivity contribution is 7.89. The van der Waals surface area contributed by atoms with E-state index in [1.54, 1.807) is 31.2 Å². The van der Waals surface area contributed by atoms with Gasteiger partial charge in [-0.25, -0.2) is 13.2 Å². The van der Waals surface area contributed by atoms with Gasteiger partial charge in [0.1, 0.15) is 11.8 Å². The van der Waals surface area contributed by atoms with Crippen molar-refractivity contribution < 1.29 is 27.1 Å². The zero-order valence-electron chi connectivity index (χ0n) is 19.2.